The van der Waals surface area contributed by atoms with Crippen molar-refractivity contribution in [1.82, 2.24) is 19.7 Å². The van der Waals surface area contributed by atoms with E-state index in [0.717, 1.165) is 42.8 Å². The number of aryl methyl sites for hydroxylation is 1. The molecule has 0 unspecified atom stereocenters. The summed E-state index contributed by atoms with van der Waals surface area (Å²) in [6.07, 6.45) is 5.19. The van der Waals surface area contributed by atoms with E-state index in [2.05, 4.69) is 20.0 Å². The summed E-state index contributed by atoms with van der Waals surface area (Å²) in [4.78, 5) is 22.3. The molecule has 2 aromatic heterocycles. The molecule has 19 heavy (non-hydrogen) atoms. The number of hydrogen-bond donors (Lipinski definition) is 0. The molecule has 1 aliphatic heterocycles. The number of nitrogens with zero attached hydrogens (tertiary/aromatic N) is 5. The van der Waals surface area contributed by atoms with Crippen molar-refractivity contribution in [3.63, 3.8) is 0 Å². The Hall–Kier alpha value is -1.98. The summed E-state index contributed by atoms with van der Waals surface area (Å²) >= 11 is 0. The van der Waals surface area contributed by atoms with Gasteiger partial charge in [0.25, 0.3) is 0 Å². The maximum Gasteiger partial charge on any atom is 0.163 e. The van der Waals surface area contributed by atoms with Gasteiger partial charge in [-0.2, -0.15) is 5.10 Å². The van der Waals surface area contributed by atoms with E-state index in [1.165, 1.54) is 0 Å². The van der Waals surface area contributed by atoms with Gasteiger partial charge in [-0.15, -0.1) is 0 Å². The van der Waals surface area contributed by atoms with Crippen LogP contribution in [0, 0.1) is 5.92 Å². The van der Waals surface area contributed by atoms with Crippen molar-refractivity contribution in [3.8, 4) is 0 Å². The first kappa shape index (κ1) is 12.1. The summed E-state index contributed by atoms with van der Waals surface area (Å²) in [7, 11) is 1.88. The lowest BCUT2D eigenvalue weighted by atomic mass is 9.93. The van der Waals surface area contributed by atoms with E-state index >= 15 is 0 Å². The number of rotatable bonds is 2. The van der Waals surface area contributed by atoms with E-state index in [1.54, 1.807) is 17.9 Å². The van der Waals surface area contributed by atoms with Crippen LogP contribution in [0.25, 0.3) is 11.0 Å². The monoisotopic (exact) mass is 259 g/mol. The average molecular weight is 259 g/mol. The van der Waals surface area contributed by atoms with Crippen molar-refractivity contribution < 1.29 is 4.79 Å². The van der Waals surface area contributed by atoms with Gasteiger partial charge in [0, 0.05) is 26.1 Å². The fourth-order valence-electron chi connectivity index (χ4n) is 2.70. The lowest BCUT2D eigenvalue weighted by molar-refractivity contribution is -0.121. The first-order chi connectivity index (χ1) is 9.16. The lowest BCUT2D eigenvalue weighted by Gasteiger charge is -2.31. The smallest absolute Gasteiger partial charge is 0.163 e. The highest BCUT2D eigenvalue weighted by Crippen LogP contribution is 2.27. The van der Waals surface area contributed by atoms with Crippen molar-refractivity contribution in [1.29, 1.82) is 0 Å². The Morgan fingerprint density at radius 3 is 2.74 bits per heavy atom. The number of carbonyl (C=O) groups excluding carboxylic acids is 1. The highest BCUT2D eigenvalue weighted by Gasteiger charge is 2.24. The molecule has 1 saturated heterocycles. The normalized spacial score (nSPS) is 17.1. The number of anilines is 1. The quantitative estimate of drug-likeness (QED) is 0.810. The third-order valence-corrected chi connectivity index (χ3v) is 3.88. The van der Waals surface area contributed by atoms with Crippen LogP contribution in [0.1, 0.15) is 19.8 Å². The second kappa shape index (κ2) is 4.60. The van der Waals surface area contributed by atoms with Gasteiger partial charge < -0.3 is 4.90 Å². The number of aromatic nitrogens is 4. The van der Waals surface area contributed by atoms with Crippen LogP contribution in [0.4, 0.5) is 5.82 Å². The van der Waals surface area contributed by atoms with Crippen LogP contribution in [-0.2, 0) is 11.8 Å². The van der Waals surface area contributed by atoms with Gasteiger partial charge in [0.05, 0.1) is 11.6 Å². The van der Waals surface area contributed by atoms with Crippen LogP contribution in [0.5, 0.6) is 0 Å². The Morgan fingerprint density at radius 1 is 1.32 bits per heavy atom. The molecular formula is C13H17N5O. The molecule has 2 aromatic rings. The van der Waals surface area contributed by atoms with Crippen molar-refractivity contribution in [2.24, 2.45) is 13.0 Å². The molecule has 6 heteroatoms. The number of ketones is 1. The largest absolute Gasteiger partial charge is 0.356 e. The van der Waals surface area contributed by atoms with Crippen LogP contribution in [0.2, 0.25) is 0 Å². The van der Waals surface area contributed by atoms with Gasteiger partial charge in [-0.1, -0.05) is 0 Å². The molecule has 0 spiro atoms. The van der Waals surface area contributed by atoms with Crippen LogP contribution in [-0.4, -0.2) is 38.6 Å². The molecule has 100 valence electrons. The summed E-state index contributed by atoms with van der Waals surface area (Å²) in [6, 6.07) is 0. The van der Waals surface area contributed by atoms with E-state index in [0.29, 0.717) is 5.78 Å². The molecule has 0 radical (unpaired) electrons. The van der Waals surface area contributed by atoms with E-state index in [-0.39, 0.29) is 5.92 Å². The predicted octanol–water partition coefficient (Wildman–Crippen LogP) is 1.17. The van der Waals surface area contributed by atoms with Gasteiger partial charge in [-0.05, 0) is 19.8 Å². The number of carbonyl (C=O) groups is 1. The Bertz CT molecular complexity index is 613. The minimum atomic E-state index is 0.211. The molecule has 0 N–H and O–H groups in total. The van der Waals surface area contributed by atoms with Crippen molar-refractivity contribution in [2.45, 2.75) is 19.8 Å². The summed E-state index contributed by atoms with van der Waals surface area (Å²) in [5.74, 6) is 1.44. The van der Waals surface area contributed by atoms with Gasteiger partial charge in [0.2, 0.25) is 0 Å². The van der Waals surface area contributed by atoms with Crippen LogP contribution < -0.4 is 4.90 Å². The van der Waals surface area contributed by atoms with Gasteiger partial charge in [0.15, 0.2) is 5.65 Å². The molecule has 3 heterocycles. The first-order valence-electron chi connectivity index (χ1n) is 6.55. The zero-order valence-electron chi connectivity index (χ0n) is 11.2. The molecule has 1 fully saturated rings. The second-order valence-corrected chi connectivity index (χ2v) is 5.07. The minimum absolute atomic E-state index is 0.211. The maximum atomic E-state index is 11.4. The Kier molecular flexibility index (Phi) is 2.93. The number of hydrogen-bond acceptors (Lipinski definition) is 5. The molecule has 0 atom stereocenters. The molecular weight excluding hydrogens is 242 g/mol. The highest BCUT2D eigenvalue weighted by atomic mass is 16.1. The topological polar surface area (TPSA) is 63.9 Å². The Labute approximate surface area is 111 Å². The fourth-order valence-corrected chi connectivity index (χ4v) is 2.70. The van der Waals surface area contributed by atoms with Crippen LogP contribution in [0.3, 0.4) is 0 Å². The van der Waals surface area contributed by atoms with E-state index in [4.69, 9.17) is 0 Å². The zero-order chi connectivity index (χ0) is 13.4. The fraction of sp³-hybridized carbons (Fsp3) is 0.538. The summed E-state index contributed by atoms with van der Waals surface area (Å²) in [6.45, 7) is 3.42. The Morgan fingerprint density at radius 2 is 2.05 bits per heavy atom. The van der Waals surface area contributed by atoms with E-state index < -0.39 is 0 Å². The number of fused-ring (bicyclic) bond motifs is 1. The third-order valence-electron chi connectivity index (χ3n) is 3.88. The molecule has 0 bridgehead atoms. The average Bonchev–Trinajstić information content (AvgIpc) is 2.81. The van der Waals surface area contributed by atoms with Crippen molar-refractivity contribution >= 4 is 22.6 Å². The van der Waals surface area contributed by atoms with E-state index in [9.17, 15) is 4.79 Å². The zero-order valence-corrected chi connectivity index (χ0v) is 11.2. The molecule has 1 aliphatic rings. The molecule has 6 nitrogen and oxygen atoms in total. The first-order valence-corrected chi connectivity index (χ1v) is 6.55. The van der Waals surface area contributed by atoms with Crippen LogP contribution in [0.15, 0.2) is 12.5 Å². The summed E-state index contributed by atoms with van der Waals surface area (Å²) in [5, 5.41) is 5.21. The molecule has 0 saturated carbocycles. The highest BCUT2D eigenvalue weighted by molar-refractivity contribution is 5.86. The molecule has 0 amide bonds. The summed E-state index contributed by atoms with van der Waals surface area (Å²) < 4.78 is 1.75. The van der Waals surface area contributed by atoms with Gasteiger partial charge in [-0.3, -0.25) is 9.48 Å². The van der Waals surface area contributed by atoms with E-state index in [1.807, 2.05) is 13.2 Å². The number of piperidine rings is 1. The lowest BCUT2D eigenvalue weighted by Crippen LogP contribution is -2.36. The maximum absolute atomic E-state index is 11.4. The SMILES string of the molecule is CC(=O)C1CCN(c2ncnc3c2cnn3C)CC1. The Balaban J connectivity index is 1.88. The van der Waals surface area contributed by atoms with Crippen molar-refractivity contribution in [2.75, 3.05) is 18.0 Å². The van der Waals surface area contributed by atoms with Crippen molar-refractivity contribution in [3.05, 3.63) is 12.5 Å². The predicted molar refractivity (Wildman–Crippen MR) is 71.9 cm³/mol. The number of Topliss-reactive ketones (excluding diaryl/α,β-unsaturated/α-hetero) is 1. The standard InChI is InChI=1S/C13H17N5O/c1-9(19)10-3-5-18(6-4-10)13-11-7-16-17(2)12(11)14-8-15-13/h7-8,10H,3-6H2,1-2H3. The summed E-state index contributed by atoms with van der Waals surface area (Å²) in [5.41, 5.74) is 0.846. The van der Waals surface area contributed by atoms with Gasteiger partial charge >= 0.3 is 0 Å². The third kappa shape index (κ3) is 2.07. The molecule has 0 aliphatic carbocycles. The van der Waals surface area contributed by atoms with Gasteiger partial charge in [-0.25, -0.2) is 9.97 Å². The molecule has 0 aromatic carbocycles. The molecule has 3 rings (SSSR count). The minimum Gasteiger partial charge on any atom is -0.356 e. The van der Waals surface area contributed by atoms with Gasteiger partial charge in [0.1, 0.15) is 17.9 Å². The second-order valence-electron chi connectivity index (χ2n) is 5.07. The van der Waals surface area contributed by atoms with Crippen LogP contribution >= 0.6 is 0 Å².